The zero-order valence-electron chi connectivity index (χ0n) is 10.4. The maximum absolute atomic E-state index is 12.4. The summed E-state index contributed by atoms with van der Waals surface area (Å²) >= 11 is 11.8. The lowest BCUT2D eigenvalue weighted by molar-refractivity contribution is 0.0766. The van der Waals surface area contributed by atoms with E-state index in [0.717, 1.165) is 57.6 Å². The number of amides is 1. The molecule has 1 fully saturated rings. The zero-order chi connectivity index (χ0) is 13.8. The minimum absolute atomic E-state index is 0.150. The minimum atomic E-state index is 0.150. The number of hydrogen-bond donors (Lipinski definition) is 0. The lowest BCUT2D eigenvalue weighted by Gasteiger charge is -2.20. The molecule has 3 nitrogen and oxygen atoms in total. The van der Waals surface area contributed by atoms with Gasteiger partial charge in [0.25, 0.3) is 5.91 Å². The molecule has 7 heteroatoms. The van der Waals surface area contributed by atoms with Crippen molar-refractivity contribution >= 4 is 65.0 Å². The Morgan fingerprint density at radius 2 is 2.05 bits per heavy atom. The maximum atomic E-state index is 12.4. The number of hydrogen-bond acceptors (Lipinski definition) is 3. The predicted molar refractivity (Wildman–Crippen MR) is 90.5 cm³/mol. The van der Waals surface area contributed by atoms with Gasteiger partial charge in [0.1, 0.15) is 0 Å². The quantitative estimate of drug-likeness (QED) is 0.622. The van der Waals surface area contributed by atoms with Crippen molar-refractivity contribution in [1.29, 1.82) is 0 Å². The fourth-order valence-electron chi connectivity index (χ4n) is 2.12. The topological polar surface area (TPSA) is 23.6 Å². The fraction of sp³-hybridized carbons (Fsp3) is 0.583. The molecule has 0 atom stereocenters. The summed E-state index contributed by atoms with van der Waals surface area (Å²) in [6.07, 6.45) is 1.05. The van der Waals surface area contributed by atoms with E-state index < -0.39 is 0 Å². The van der Waals surface area contributed by atoms with Crippen molar-refractivity contribution in [3.8, 4) is 0 Å². The molecule has 0 unspecified atom stereocenters. The first-order valence-corrected chi connectivity index (χ1v) is 9.66. The second kappa shape index (κ2) is 7.54. The monoisotopic (exact) mass is 472 g/mol. The first kappa shape index (κ1) is 15.9. The van der Waals surface area contributed by atoms with Crippen molar-refractivity contribution in [2.24, 2.45) is 0 Å². The first-order valence-electron chi connectivity index (χ1n) is 6.14. The second-order valence-electron chi connectivity index (χ2n) is 4.41. The van der Waals surface area contributed by atoms with Gasteiger partial charge in [0.2, 0.25) is 0 Å². The van der Waals surface area contributed by atoms with Gasteiger partial charge in [-0.05, 0) is 50.9 Å². The summed E-state index contributed by atoms with van der Waals surface area (Å²) in [5.74, 6) is 0.150. The van der Waals surface area contributed by atoms with Crippen LogP contribution in [-0.2, 0) is 0 Å². The summed E-state index contributed by atoms with van der Waals surface area (Å²) in [4.78, 5) is 17.6. The van der Waals surface area contributed by atoms with Crippen molar-refractivity contribution < 1.29 is 4.79 Å². The number of thiophene rings is 1. The Balaban J connectivity index is 1.99. The van der Waals surface area contributed by atoms with Crippen LogP contribution in [0.4, 0.5) is 0 Å². The van der Waals surface area contributed by atoms with Gasteiger partial charge in [-0.25, -0.2) is 0 Å². The van der Waals surface area contributed by atoms with E-state index in [0.29, 0.717) is 0 Å². The summed E-state index contributed by atoms with van der Waals surface area (Å²) in [6, 6.07) is 1.90. The predicted octanol–water partition coefficient (Wildman–Crippen LogP) is 3.82. The van der Waals surface area contributed by atoms with E-state index in [1.807, 2.05) is 11.0 Å². The Labute approximate surface area is 142 Å². The largest absolute Gasteiger partial charge is 0.337 e. The van der Waals surface area contributed by atoms with Crippen LogP contribution in [-0.4, -0.2) is 53.8 Å². The molecular formula is C12H15Br3N2OS. The standard InChI is InChI=1S/C12H15Br3N2OS/c13-2-5-16-3-1-4-17(7-6-16)12(18)10-8-9(14)11(15)19-10/h8H,1-7H2. The van der Waals surface area contributed by atoms with E-state index in [1.165, 1.54) is 11.3 Å². The third kappa shape index (κ3) is 4.27. The van der Waals surface area contributed by atoms with Crippen molar-refractivity contribution in [3.63, 3.8) is 0 Å². The summed E-state index contributed by atoms with van der Waals surface area (Å²) in [5.41, 5.74) is 0. The number of halogens is 3. The van der Waals surface area contributed by atoms with Gasteiger partial charge < -0.3 is 9.80 Å². The van der Waals surface area contributed by atoms with E-state index in [9.17, 15) is 4.79 Å². The van der Waals surface area contributed by atoms with Gasteiger partial charge in [-0.1, -0.05) is 15.9 Å². The molecule has 0 N–H and O–H groups in total. The van der Waals surface area contributed by atoms with Crippen molar-refractivity contribution in [1.82, 2.24) is 9.80 Å². The molecule has 0 aromatic carbocycles. The molecule has 0 bridgehead atoms. The highest BCUT2D eigenvalue weighted by atomic mass is 79.9. The molecule has 1 aliphatic heterocycles. The first-order chi connectivity index (χ1) is 9.11. The molecule has 2 heterocycles. The van der Waals surface area contributed by atoms with Crippen LogP contribution in [0.15, 0.2) is 14.3 Å². The van der Waals surface area contributed by atoms with Gasteiger partial charge in [-0.15, -0.1) is 11.3 Å². The summed E-state index contributed by atoms with van der Waals surface area (Å²) < 4.78 is 1.93. The zero-order valence-corrected chi connectivity index (χ0v) is 15.9. The molecule has 106 valence electrons. The lowest BCUT2D eigenvalue weighted by atomic mass is 10.3. The van der Waals surface area contributed by atoms with E-state index in [-0.39, 0.29) is 5.91 Å². The highest BCUT2D eigenvalue weighted by Crippen LogP contribution is 2.33. The van der Waals surface area contributed by atoms with Gasteiger partial charge in [-0.2, -0.15) is 0 Å². The SMILES string of the molecule is O=C(c1cc(Br)c(Br)s1)N1CCCN(CCBr)CC1. The molecule has 1 aliphatic rings. The van der Waals surface area contributed by atoms with E-state index in [2.05, 4.69) is 52.7 Å². The molecule has 0 aliphatic carbocycles. The number of carbonyl (C=O) groups excluding carboxylic acids is 1. The van der Waals surface area contributed by atoms with E-state index in [1.54, 1.807) is 0 Å². The van der Waals surface area contributed by atoms with Crippen LogP contribution in [0.3, 0.4) is 0 Å². The average molecular weight is 475 g/mol. The molecule has 2 rings (SSSR count). The molecule has 1 aromatic rings. The van der Waals surface area contributed by atoms with Gasteiger partial charge in [-0.3, -0.25) is 4.79 Å². The normalized spacial score (nSPS) is 17.5. The highest BCUT2D eigenvalue weighted by molar-refractivity contribution is 9.13. The van der Waals surface area contributed by atoms with Crippen LogP contribution in [0, 0.1) is 0 Å². The summed E-state index contributed by atoms with van der Waals surface area (Å²) in [5, 5.41) is 0.992. The highest BCUT2D eigenvalue weighted by Gasteiger charge is 2.22. The van der Waals surface area contributed by atoms with Crippen LogP contribution in [0.2, 0.25) is 0 Å². The third-order valence-electron chi connectivity index (χ3n) is 3.13. The van der Waals surface area contributed by atoms with Gasteiger partial charge in [0.15, 0.2) is 0 Å². The third-order valence-corrected chi connectivity index (χ3v) is 6.73. The molecule has 1 saturated heterocycles. The number of nitrogens with zero attached hydrogens (tertiary/aromatic N) is 2. The molecule has 19 heavy (non-hydrogen) atoms. The fourth-order valence-corrected chi connectivity index (χ4v) is 4.63. The number of alkyl halides is 1. The average Bonchev–Trinajstić information content (AvgIpc) is 2.61. The Morgan fingerprint density at radius 1 is 1.26 bits per heavy atom. The van der Waals surface area contributed by atoms with Crippen molar-refractivity contribution in [2.45, 2.75) is 6.42 Å². The van der Waals surface area contributed by atoms with Crippen LogP contribution < -0.4 is 0 Å². The molecule has 1 aromatic heterocycles. The number of carbonyl (C=O) groups is 1. The van der Waals surface area contributed by atoms with Gasteiger partial charge in [0.05, 0.1) is 8.66 Å². The van der Waals surface area contributed by atoms with Crippen LogP contribution >= 0.6 is 59.1 Å². The van der Waals surface area contributed by atoms with Crippen LogP contribution in [0.25, 0.3) is 0 Å². The van der Waals surface area contributed by atoms with Gasteiger partial charge >= 0.3 is 0 Å². The minimum Gasteiger partial charge on any atom is -0.337 e. The molecule has 1 amide bonds. The Bertz CT molecular complexity index is 433. The molecule has 0 saturated carbocycles. The Morgan fingerprint density at radius 3 is 2.68 bits per heavy atom. The molecule has 0 spiro atoms. The second-order valence-corrected chi connectivity index (χ2v) is 8.43. The maximum Gasteiger partial charge on any atom is 0.264 e. The smallest absolute Gasteiger partial charge is 0.264 e. The van der Waals surface area contributed by atoms with Gasteiger partial charge in [0, 0.05) is 36.0 Å². The van der Waals surface area contributed by atoms with E-state index >= 15 is 0 Å². The van der Waals surface area contributed by atoms with Crippen LogP contribution in [0.1, 0.15) is 16.1 Å². The Hall–Kier alpha value is 0.570. The van der Waals surface area contributed by atoms with E-state index in [4.69, 9.17) is 0 Å². The summed E-state index contributed by atoms with van der Waals surface area (Å²) in [7, 11) is 0. The molecular weight excluding hydrogens is 460 g/mol. The molecule has 0 radical (unpaired) electrons. The van der Waals surface area contributed by atoms with Crippen molar-refractivity contribution in [3.05, 3.63) is 19.2 Å². The Kier molecular flexibility index (Phi) is 6.33. The number of rotatable bonds is 3. The lowest BCUT2D eigenvalue weighted by Crippen LogP contribution is -2.35. The van der Waals surface area contributed by atoms with Crippen LogP contribution in [0.5, 0.6) is 0 Å². The van der Waals surface area contributed by atoms with Crippen molar-refractivity contribution in [2.75, 3.05) is 38.1 Å². The summed E-state index contributed by atoms with van der Waals surface area (Å²) in [6.45, 7) is 4.76.